The van der Waals surface area contributed by atoms with Gasteiger partial charge in [-0.2, -0.15) is 0 Å². The summed E-state index contributed by atoms with van der Waals surface area (Å²) in [5, 5.41) is 13.4. The largest absolute Gasteiger partial charge is 0.387 e. The molecule has 3 aromatic rings. The fourth-order valence-electron chi connectivity index (χ4n) is 2.94. The summed E-state index contributed by atoms with van der Waals surface area (Å²) >= 11 is 5.84. The number of rotatable bonds is 7. The zero-order valence-corrected chi connectivity index (χ0v) is 18.7. The molecule has 0 saturated carbocycles. The van der Waals surface area contributed by atoms with E-state index < -0.39 is 22.0 Å². The third-order valence-corrected chi connectivity index (χ3v) is 6.90. The number of nitrogens with one attached hydrogen (secondary N) is 1. The molecule has 3 aromatic carbocycles. The highest BCUT2D eigenvalue weighted by Gasteiger charge is 2.22. The minimum atomic E-state index is -3.85. The first-order valence-corrected chi connectivity index (χ1v) is 11.4. The Bertz CT molecular complexity index is 1160. The van der Waals surface area contributed by atoms with E-state index in [-0.39, 0.29) is 17.0 Å². The molecule has 0 aromatic heterocycles. The molecule has 0 aliphatic carbocycles. The summed E-state index contributed by atoms with van der Waals surface area (Å²) in [4.78, 5) is 12.5. The minimum absolute atomic E-state index is 0.00137. The van der Waals surface area contributed by atoms with Crippen LogP contribution < -0.4 is 9.62 Å². The molecule has 0 fully saturated rings. The van der Waals surface area contributed by atoms with Crippen LogP contribution in [0.4, 0.5) is 5.69 Å². The summed E-state index contributed by atoms with van der Waals surface area (Å²) in [6.07, 6.45) is -0.916. The van der Waals surface area contributed by atoms with E-state index in [9.17, 15) is 18.3 Å². The zero-order valence-electron chi connectivity index (χ0n) is 17.1. The van der Waals surface area contributed by atoms with Gasteiger partial charge in [0, 0.05) is 24.2 Å². The molecule has 3 rings (SSSR count). The molecule has 1 unspecified atom stereocenters. The summed E-state index contributed by atoms with van der Waals surface area (Å²) < 4.78 is 27.2. The van der Waals surface area contributed by atoms with E-state index in [1.54, 1.807) is 36.4 Å². The van der Waals surface area contributed by atoms with E-state index >= 15 is 0 Å². The summed E-state index contributed by atoms with van der Waals surface area (Å²) in [5.74, 6) is -0.483. The van der Waals surface area contributed by atoms with E-state index in [1.165, 1.54) is 35.6 Å². The number of carbonyl (C=O) groups excluding carboxylic acids is 1. The first-order chi connectivity index (χ1) is 14.7. The number of anilines is 1. The fourth-order valence-corrected chi connectivity index (χ4v) is 4.31. The van der Waals surface area contributed by atoms with Gasteiger partial charge in [0.05, 0.1) is 16.7 Å². The van der Waals surface area contributed by atoms with Crippen LogP contribution in [0.15, 0.2) is 77.7 Å². The summed E-state index contributed by atoms with van der Waals surface area (Å²) in [6, 6.07) is 19.6. The number of benzene rings is 3. The lowest BCUT2D eigenvalue weighted by atomic mass is 10.1. The lowest BCUT2D eigenvalue weighted by Crippen LogP contribution is -2.29. The Morgan fingerprint density at radius 3 is 2.35 bits per heavy atom. The number of nitrogens with zero attached hydrogens (tertiary/aromatic N) is 1. The van der Waals surface area contributed by atoms with Crippen molar-refractivity contribution in [2.45, 2.75) is 17.9 Å². The molecule has 6 nitrogen and oxygen atoms in total. The molecule has 1 atom stereocenters. The van der Waals surface area contributed by atoms with E-state index in [0.717, 1.165) is 5.56 Å². The molecule has 0 aliphatic rings. The summed E-state index contributed by atoms with van der Waals surface area (Å²) in [7, 11) is -2.38. The van der Waals surface area contributed by atoms with Crippen molar-refractivity contribution in [3.63, 3.8) is 0 Å². The van der Waals surface area contributed by atoms with Crippen LogP contribution in [0.5, 0.6) is 0 Å². The number of sulfonamides is 1. The van der Waals surface area contributed by atoms with Crippen LogP contribution in [0.25, 0.3) is 0 Å². The fraction of sp³-hybridized carbons (Fsp3) is 0.174. The third-order valence-electron chi connectivity index (χ3n) is 4.86. The first-order valence-electron chi connectivity index (χ1n) is 9.56. The molecule has 162 valence electrons. The van der Waals surface area contributed by atoms with E-state index in [0.29, 0.717) is 16.3 Å². The second-order valence-corrected chi connectivity index (χ2v) is 9.52. The maximum Gasteiger partial charge on any atom is 0.264 e. The van der Waals surface area contributed by atoms with E-state index in [2.05, 4.69) is 5.32 Å². The highest BCUT2D eigenvalue weighted by molar-refractivity contribution is 7.92. The number of aryl methyl sites for hydroxylation is 1. The second kappa shape index (κ2) is 9.51. The Balaban J connectivity index is 1.73. The monoisotopic (exact) mass is 458 g/mol. The Hall–Kier alpha value is -2.87. The van der Waals surface area contributed by atoms with Crippen molar-refractivity contribution in [3.05, 3.63) is 94.5 Å². The van der Waals surface area contributed by atoms with Gasteiger partial charge < -0.3 is 10.4 Å². The van der Waals surface area contributed by atoms with Gasteiger partial charge in [-0.05, 0) is 55.0 Å². The normalized spacial score (nSPS) is 12.3. The topological polar surface area (TPSA) is 86.7 Å². The van der Waals surface area contributed by atoms with Gasteiger partial charge in [-0.1, -0.05) is 47.5 Å². The number of carbonyl (C=O) groups is 1. The van der Waals surface area contributed by atoms with Crippen molar-refractivity contribution in [1.29, 1.82) is 0 Å². The molecule has 0 saturated heterocycles. The molecule has 0 heterocycles. The lowest BCUT2D eigenvalue weighted by molar-refractivity contribution is 0.0916. The molecule has 0 spiro atoms. The first kappa shape index (κ1) is 22.8. The van der Waals surface area contributed by atoms with Gasteiger partial charge in [0.1, 0.15) is 0 Å². The molecule has 31 heavy (non-hydrogen) atoms. The molecular weight excluding hydrogens is 436 g/mol. The van der Waals surface area contributed by atoms with Crippen molar-refractivity contribution < 1.29 is 18.3 Å². The predicted molar refractivity (Wildman–Crippen MR) is 122 cm³/mol. The van der Waals surface area contributed by atoms with Crippen LogP contribution in [0.2, 0.25) is 5.02 Å². The highest BCUT2D eigenvalue weighted by Crippen LogP contribution is 2.23. The van der Waals surface area contributed by atoms with Crippen molar-refractivity contribution in [2.75, 3.05) is 17.9 Å². The number of aliphatic hydroxyl groups is 1. The maximum atomic E-state index is 13.0. The van der Waals surface area contributed by atoms with Crippen molar-refractivity contribution >= 4 is 33.2 Å². The van der Waals surface area contributed by atoms with Gasteiger partial charge in [-0.25, -0.2) is 8.42 Å². The van der Waals surface area contributed by atoms with E-state index in [1.807, 2.05) is 19.1 Å². The third kappa shape index (κ3) is 5.44. The Kier molecular flexibility index (Phi) is 7.00. The predicted octanol–water partition coefficient (Wildman–Crippen LogP) is 3.94. The minimum Gasteiger partial charge on any atom is -0.387 e. The number of halogens is 1. The summed E-state index contributed by atoms with van der Waals surface area (Å²) in [6.45, 7) is 1.89. The molecule has 0 radical (unpaired) electrons. The highest BCUT2D eigenvalue weighted by atomic mass is 35.5. The molecule has 8 heteroatoms. The van der Waals surface area contributed by atoms with Crippen LogP contribution in [0.1, 0.15) is 27.6 Å². The van der Waals surface area contributed by atoms with Gasteiger partial charge in [0.25, 0.3) is 15.9 Å². The van der Waals surface area contributed by atoms with Crippen molar-refractivity contribution in [3.8, 4) is 0 Å². The number of hydrogen-bond acceptors (Lipinski definition) is 4. The van der Waals surface area contributed by atoms with E-state index in [4.69, 9.17) is 11.6 Å². The summed E-state index contributed by atoms with van der Waals surface area (Å²) in [5.41, 5.74) is 2.34. The Morgan fingerprint density at radius 2 is 1.71 bits per heavy atom. The molecule has 0 bridgehead atoms. The Labute approximate surface area is 187 Å². The average molecular weight is 459 g/mol. The van der Waals surface area contributed by atoms with Crippen LogP contribution >= 0.6 is 11.6 Å². The quantitative estimate of drug-likeness (QED) is 0.561. The SMILES string of the molecule is Cc1ccc(N(C)S(=O)(=O)c2cccc(C(=O)NCC(O)c3ccc(Cl)cc3)c2)cc1. The van der Waals surface area contributed by atoms with Gasteiger partial charge in [0.2, 0.25) is 0 Å². The number of hydrogen-bond donors (Lipinski definition) is 2. The van der Waals surface area contributed by atoms with Gasteiger partial charge in [0.15, 0.2) is 0 Å². The zero-order chi connectivity index (χ0) is 22.6. The van der Waals surface area contributed by atoms with Crippen LogP contribution in [-0.4, -0.2) is 33.0 Å². The second-order valence-electron chi connectivity index (χ2n) is 7.11. The van der Waals surface area contributed by atoms with Crippen LogP contribution in [-0.2, 0) is 10.0 Å². The van der Waals surface area contributed by atoms with Gasteiger partial charge in [-0.3, -0.25) is 9.10 Å². The molecule has 2 N–H and O–H groups in total. The lowest BCUT2D eigenvalue weighted by Gasteiger charge is -2.20. The van der Waals surface area contributed by atoms with Gasteiger partial charge in [-0.15, -0.1) is 0 Å². The maximum absolute atomic E-state index is 13.0. The van der Waals surface area contributed by atoms with Crippen molar-refractivity contribution in [1.82, 2.24) is 5.32 Å². The molecular formula is C23H23ClN2O4S. The standard InChI is InChI=1S/C23H23ClN2O4S/c1-16-6-12-20(13-7-16)26(2)31(29,30)21-5-3-4-18(14-21)23(28)25-15-22(27)17-8-10-19(24)11-9-17/h3-14,22,27H,15H2,1-2H3,(H,25,28). The molecule has 0 aliphatic heterocycles. The van der Waals surface area contributed by atoms with Crippen LogP contribution in [0.3, 0.4) is 0 Å². The van der Waals surface area contributed by atoms with Crippen LogP contribution in [0, 0.1) is 6.92 Å². The average Bonchev–Trinajstić information content (AvgIpc) is 2.77. The van der Waals surface area contributed by atoms with Crippen molar-refractivity contribution in [2.24, 2.45) is 0 Å². The number of aliphatic hydroxyl groups excluding tert-OH is 1. The number of amides is 1. The van der Waals surface area contributed by atoms with Gasteiger partial charge >= 0.3 is 0 Å². The Morgan fingerprint density at radius 1 is 1.06 bits per heavy atom. The smallest absolute Gasteiger partial charge is 0.264 e. The molecule has 1 amide bonds.